The number of carbonyl (C=O) groups excluding carboxylic acids is 2. The molecule has 0 aromatic carbocycles. The molecule has 1 saturated heterocycles. The molecule has 0 saturated carbocycles. The van der Waals surface area contributed by atoms with Crippen molar-refractivity contribution in [1.29, 1.82) is 0 Å². The molecule has 5 nitrogen and oxygen atoms in total. The molecular weight excluding hydrogens is 140 g/mol. The average molecular weight is 146 g/mol. The van der Waals surface area contributed by atoms with Crippen LogP contribution in [0, 0.1) is 0 Å². The number of carbonyl (C=O) groups is 2. The molecular formula is C5H6O5. The molecule has 0 bridgehead atoms. The van der Waals surface area contributed by atoms with E-state index in [1.54, 1.807) is 0 Å². The molecule has 0 aromatic heterocycles. The molecule has 2 N–H and O–H groups in total. The highest BCUT2D eigenvalue weighted by Gasteiger charge is 2.37. The third-order valence-corrected chi connectivity index (χ3v) is 1.08. The first kappa shape index (κ1) is 7.17. The first-order chi connectivity index (χ1) is 4.49. The van der Waals surface area contributed by atoms with Crippen LogP contribution in [0.5, 0.6) is 0 Å². The zero-order valence-electron chi connectivity index (χ0n) is 5.03. The van der Waals surface area contributed by atoms with Crippen molar-refractivity contribution in [3.8, 4) is 0 Å². The third kappa shape index (κ3) is 1.52. The standard InChI is InChI=1S/C5H6O5/c6-3-1-5(8,9)2-4(7)10-3/h8-9H,1-2H2. The first-order valence-electron chi connectivity index (χ1n) is 2.68. The largest absolute Gasteiger partial charge is 0.393 e. The van der Waals surface area contributed by atoms with Gasteiger partial charge in [0.25, 0.3) is 0 Å². The summed E-state index contributed by atoms with van der Waals surface area (Å²) in [4.78, 5) is 20.7. The van der Waals surface area contributed by atoms with Crippen LogP contribution in [0.15, 0.2) is 0 Å². The summed E-state index contributed by atoms with van der Waals surface area (Å²) >= 11 is 0. The second-order valence-corrected chi connectivity index (χ2v) is 2.18. The zero-order valence-corrected chi connectivity index (χ0v) is 5.03. The Morgan fingerprint density at radius 3 is 1.90 bits per heavy atom. The number of rotatable bonds is 0. The van der Waals surface area contributed by atoms with Crippen LogP contribution in [0.25, 0.3) is 0 Å². The van der Waals surface area contributed by atoms with Crippen molar-refractivity contribution in [2.75, 3.05) is 0 Å². The molecule has 0 spiro atoms. The van der Waals surface area contributed by atoms with Gasteiger partial charge >= 0.3 is 11.9 Å². The number of esters is 2. The van der Waals surface area contributed by atoms with Crippen molar-refractivity contribution in [1.82, 2.24) is 0 Å². The molecule has 1 aliphatic heterocycles. The number of hydrogen-bond acceptors (Lipinski definition) is 5. The monoisotopic (exact) mass is 146 g/mol. The van der Waals surface area contributed by atoms with E-state index >= 15 is 0 Å². The maximum atomic E-state index is 10.3. The van der Waals surface area contributed by atoms with E-state index in [0.29, 0.717) is 0 Å². The molecule has 0 amide bonds. The lowest BCUT2D eigenvalue weighted by molar-refractivity contribution is -0.211. The SMILES string of the molecule is O=C1CC(O)(O)CC(=O)O1. The van der Waals surface area contributed by atoms with E-state index in [-0.39, 0.29) is 0 Å². The minimum absolute atomic E-state index is 0.543. The van der Waals surface area contributed by atoms with Gasteiger partial charge in [0, 0.05) is 0 Å². The predicted molar refractivity (Wildman–Crippen MR) is 27.5 cm³/mol. The number of ether oxygens (including phenoxy) is 1. The second-order valence-electron chi connectivity index (χ2n) is 2.18. The van der Waals surface area contributed by atoms with Gasteiger partial charge in [0.1, 0.15) is 12.8 Å². The summed E-state index contributed by atoms with van der Waals surface area (Å²) < 4.78 is 4.02. The Kier molecular flexibility index (Phi) is 1.46. The Bertz CT molecular complexity index is 164. The summed E-state index contributed by atoms with van der Waals surface area (Å²) in [6.45, 7) is 0. The van der Waals surface area contributed by atoms with Crippen LogP contribution < -0.4 is 0 Å². The highest BCUT2D eigenvalue weighted by atomic mass is 16.6. The minimum atomic E-state index is -2.20. The Labute approximate surface area is 56.2 Å². The minimum Gasteiger partial charge on any atom is -0.393 e. The fourth-order valence-corrected chi connectivity index (χ4v) is 0.724. The van der Waals surface area contributed by atoms with Crippen LogP contribution in [0.3, 0.4) is 0 Å². The van der Waals surface area contributed by atoms with Crippen LogP contribution in [-0.2, 0) is 14.3 Å². The van der Waals surface area contributed by atoms with Gasteiger partial charge in [-0.1, -0.05) is 0 Å². The Morgan fingerprint density at radius 1 is 1.20 bits per heavy atom. The third-order valence-electron chi connectivity index (χ3n) is 1.08. The lowest BCUT2D eigenvalue weighted by atomic mass is 10.1. The number of cyclic esters (lactones) is 2. The maximum absolute atomic E-state index is 10.3. The molecule has 0 atom stereocenters. The lowest BCUT2D eigenvalue weighted by Gasteiger charge is -2.23. The van der Waals surface area contributed by atoms with Crippen LogP contribution in [0.2, 0.25) is 0 Å². The predicted octanol–water partition coefficient (Wildman–Crippen LogP) is -1.47. The van der Waals surface area contributed by atoms with Gasteiger partial charge in [-0.3, -0.25) is 9.59 Å². The van der Waals surface area contributed by atoms with Gasteiger partial charge in [-0.25, -0.2) is 0 Å². The number of hydrogen-bond donors (Lipinski definition) is 2. The fraction of sp³-hybridized carbons (Fsp3) is 0.600. The molecule has 0 aliphatic carbocycles. The van der Waals surface area contributed by atoms with E-state index in [4.69, 9.17) is 10.2 Å². The van der Waals surface area contributed by atoms with Crippen LogP contribution >= 0.6 is 0 Å². The van der Waals surface area contributed by atoms with Crippen molar-refractivity contribution in [3.63, 3.8) is 0 Å². The number of aliphatic hydroxyl groups is 2. The van der Waals surface area contributed by atoms with Crippen molar-refractivity contribution < 1.29 is 24.5 Å². The second kappa shape index (κ2) is 2.03. The topological polar surface area (TPSA) is 83.8 Å². The molecule has 10 heavy (non-hydrogen) atoms. The molecule has 1 aliphatic rings. The van der Waals surface area contributed by atoms with Gasteiger partial charge in [0.15, 0.2) is 5.79 Å². The summed E-state index contributed by atoms with van der Waals surface area (Å²) in [5, 5.41) is 17.5. The summed E-state index contributed by atoms with van der Waals surface area (Å²) in [5.74, 6) is -4.01. The van der Waals surface area contributed by atoms with Crippen LogP contribution in [0.4, 0.5) is 0 Å². The van der Waals surface area contributed by atoms with Gasteiger partial charge in [-0.05, 0) is 0 Å². The maximum Gasteiger partial charge on any atom is 0.318 e. The van der Waals surface area contributed by atoms with E-state index in [0.717, 1.165) is 0 Å². The highest BCUT2D eigenvalue weighted by Crippen LogP contribution is 2.18. The van der Waals surface area contributed by atoms with Crippen molar-refractivity contribution in [2.24, 2.45) is 0 Å². The Morgan fingerprint density at radius 2 is 1.60 bits per heavy atom. The molecule has 1 heterocycles. The molecule has 5 heteroatoms. The zero-order chi connectivity index (χ0) is 7.78. The molecule has 0 aromatic rings. The molecule has 0 radical (unpaired) electrons. The van der Waals surface area contributed by atoms with E-state index < -0.39 is 30.6 Å². The van der Waals surface area contributed by atoms with Crippen molar-refractivity contribution in [3.05, 3.63) is 0 Å². The van der Waals surface area contributed by atoms with E-state index in [1.807, 2.05) is 0 Å². The van der Waals surface area contributed by atoms with Gasteiger partial charge in [-0.2, -0.15) is 0 Å². The summed E-state index contributed by atoms with van der Waals surface area (Å²) in [6, 6.07) is 0. The Balaban J connectivity index is 2.68. The highest BCUT2D eigenvalue weighted by molar-refractivity contribution is 5.89. The van der Waals surface area contributed by atoms with E-state index in [2.05, 4.69) is 4.74 Å². The van der Waals surface area contributed by atoms with Crippen molar-refractivity contribution in [2.45, 2.75) is 18.6 Å². The lowest BCUT2D eigenvalue weighted by Crippen LogP contribution is -2.40. The smallest absolute Gasteiger partial charge is 0.318 e. The molecule has 1 rings (SSSR count). The van der Waals surface area contributed by atoms with Gasteiger partial charge in [0.2, 0.25) is 0 Å². The molecule has 1 fully saturated rings. The van der Waals surface area contributed by atoms with E-state index in [1.165, 1.54) is 0 Å². The summed E-state index contributed by atoms with van der Waals surface area (Å²) in [6.07, 6.45) is -1.09. The fourth-order valence-electron chi connectivity index (χ4n) is 0.724. The van der Waals surface area contributed by atoms with Gasteiger partial charge in [-0.15, -0.1) is 0 Å². The van der Waals surface area contributed by atoms with Gasteiger partial charge < -0.3 is 14.9 Å². The average Bonchev–Trinajstić information content (AvgIpc) is 1.54. The summed E-state index contributed by atoms with van der Waals surface area (Å²) in [5.41, 5.74) is 0. The Hall–Kier alpha value is -0.940. The van der Waals surface area contributed by atoms with Crippen molar-refractivity contribution >= 4 is 11.9 Å². The molecule has 56 valence electrons. The quantitative estimate of drug-likeness (QED) is 0.247. The molecule has 0 unspecified atom stereocenters. The van der Waals surface area contributed by atoms with E-state index in [9.17, 15) is 9.59 Å². The van der Waals surface area contributed by atoms with Crippen LogP contribution in [-0.4, -0.2) is 27.9 Å². The first-order valence-corrected chi connectivity index (χ1v) is 2.68. The summed E-state index contributed by atoms with van der Waals surface area (Å²) in [7, 11) is 0. The van der Waals surface area contributed by atoms with Gasteiger partial charge in [0.05, 0.1) is 0 Å². The normalized spacial score (nSPS) is 24.2. The van der Waals surface area contributed by atoms with Crippen LogP contribution in [0.1, 0.15) is 12.8 Å².